The maximum atomic E-state index is 12.7. The molecule has 3 rings (SSSR count). The smallest absolute Gasteiger partial charge is 0.393 e. The highest BCUT2D eigenvalue weighted by molar-refractivity contribution is 5.99. The Bertz CT molecular complexity index is 990. The van der Waals surface area contributed by atoms with E-state index in [1.807, 2.05) is 13.0 Å². The summed E-state index contributed by atoms with van der Waals surface area (Å²) in [5, 5.41) is 28.8. The van der Waals surface area contributed by atoms with Crippen molar-refractivity contribution in [2.45, 2.75) is 89.0 Å². The Kier molecular flexibility index (Phi) is 9.13. The van der Waals surface area contributed by atoms with E-state index in [0.717, 1.165) is 38.0 Å². The zero-order chi connectivity index (χ0) is 28.5. The SMILES string of the molecule is C[C@H](COCC#CC(O)(C(F)(F)F)C(F)(F)F)[C@H]1CC[C@H]2/C(=C/C=C3/C[C@@H](O)C[C@H](O)C3=O)CCC[C@]12C. The highest BCUT2D eigenvalue weighted by atomic mass is 19.4. The summed E-state index contributed by atoms with van der Waals surface area (Å²) in [6.45, 7) is 3.51. The summed E-state index contributed by atoms with van der Waals surface area (Å²) in [4.78, 5) is 12.3. The number of hydrogen-bond acceptors (Lipinski definition) is 5. The van der Waals surface area contributed by atoms with Crippen LogP contribution in [0.3, 0.4) is 0 Å². The summed E-state index contributed by atoms with van der Waals surface area (Å²) in [7, 11) is 0. The first-order valence-electron chi connectivity index (χ1n) is 12.7. The second kappa shape index (κ2) is 11.3. The van der Waals surface area contributed by atoms with Crippen LogP contribution >= 0.6 is 0 Å². The normalized spacial score (nSPS) is 33.7. The van der Waals surface area contributed by atoms with Crippen LogP contribution in [0.2, 0.25) is 0 Å². The van der Waals surface area contributed by atoms with Crippen LogP contribution in [0.5, 0.6) is 0 Å². The Morgan fingerprint density at radius 3 is 2.42 bits per heavy atom. The fourth-order valence-corrected chi connectivity index (χ4v) is 6.47. The Balaban J connectivity index is 1.64. The van der Waals surface area contributed by atoms with E-state index < -0.39 is 36.8 Å². The number of carbonyl (C=O) groups is 1. The van der Waals surface area contributed by atoms with Crippen LogP contribution in [-0.4, -0.2) is 64.5 Å². The van der Waals surface area contributed by atoms with Crippen molar-refractivity contribution < 1.29 is 51.2 Å². The van der Waals surface area contributed by atoms with E-state index in [1.54, 1.807) is 12.0 Å². The molecule has 0 amide bonds. The molecular weight excluding hydrogens is 518 g/mol. The molecule has 3 saturated carbocycles. The molecule has 0 aromatic heterocycles. The highest BCUT2D eigenvalue weighted by Crippen LogP contribution is 2.59. The van der Waals surface area contributed by atoms with Crippen LogP contribution in [0, 0.1) is 35.0 Å². The van der Waals surface area contributed by atoms with Crippen LogP contribution in [0.4, 0.5) is 26.3 Å². The molecule has 38 heavy (non-hydrogen) atoms. The van der Waals surface area contributed by atoms with Gasteiger partial charge in [-0.3, -0.25) is 4.79 Å². The molecule has 0 aromatic rings. The summed E-state index contributed by atoms with van der Waals surface area (Å²) >= 11 is 0. The number of rotatable bonds is 5. The molecule has 6 atom stereocenters. The van der Waals surface area contributed by atoms with Gasteiger partial charge in [0.2, 0.25) is 0 Å². The van der Waals surface area contributed by atoms with Crippen molar-refractivity contribution in [1.29, 1.82) is 0 Å². The number of ether oxygens (including phenoxy) is 1. The number of fused-ring (bicyclic) bond motifs is 1. The molecule has 0 unspecified atom stereocenters. The summed E-state index contributed by atoms with van der Waals surface area (Å²) in [6.07, 6.45) is -5.60. The average Bonchev–Trinajstić information content (AvgIpc) is 3.16. The Labute approximate surface area is 217 Å². The lowest BCUT2D eigenvalue weighted by Crippen LogP contribution is -2.55. The van der Waals surface area contributed by atoms with Gasteiger partial charge in [-0.05, 0) is 61.2 Å². The standard InChI is InChI=1S/C27H34F6O5/c1-16(15-38-12-4-11-25(37,26(28,29)30)27(31,32)33)20-8-9-21-17(5-3-10-24(20,21)2)6-7-18-13-19(34)14-22(35)23(18)36/h6-7,16,19-22,34-35,37H,3,5,8-10,12-15H2,1-2H3/b17-6+,18-7-/t16-,19-,20-,21+,22+,24-/m1/s1. The van der Waals surface area contributed by atoms with Gasteiger partial charge in [-0.1, -0.05) is 37.5 Å². The number of halogens is 6. The molecule has 0 heterocycles. The van der Waals surface area contributed by atoms with Crippen LogP contribution < -0.4 is 0 Å². The molecule has 3 fully saturated rings. The van der Waals surface area contributed by atoms with Crippen LogP contribution in [0.25, 0.3) is 0 Å². The lowest BCUT2D eigenvalue weighted by Gasteiger charge is -2.44. The topological polar surface area (TPSA) is 87.0 Å². The third-order valence-corrected chi connectivity index (χ3v) is 8.44. The average molecular weight is 553 g/mol. The zero-order valence-electron chi connectivity index (χ0n) is 21.3. The number of hydrogen-bond donors (Lipinski definition) is 3. The molecule has 3 aliphatic rings. The number of carbonyl (C=O) groups excluding carboxylic acids is 1. The molecule has 3 aliphatic carbocycles. The quantitative estimate of drug-likeness (QED) is 0.200. The van der Waals surface area contributed by atoms with E-state index in [4.69, 9.17) is 9.84 Å². The largest absolute Gasteiger partial charge is 0.438 e. The van der Waals surface area contributed by atoms with Gasteiger partial charge in [-0.2, -0.15) is 26.3 Å². The summed E-state index contributed by atoms with van der Waals surface area (Å²) in [6, 6.07) is 0. The van der Waals surface area contributed by atoms with Crippen LogP contribution in [0.15, 0.2) is 23.3 Å². The molecule has 0 saturated heterocycles. The van der Waals surface area contributed by atoms with Gasteiger partial charge in [-0.25, -0.2) is 0 Å². The van der Waals surface area contributed by atoms with Crippen molar-refractivity contribution in [3.05, 3.63) is 23.3 Å². The Hall–Kier alpha value is -1.87. The van der Waals surface area contributed by atoms with Crippen molar-refractivity contribution in [3.63, 3.8) is 0 Å². The second-order valence-corrected chi connectivity index (χ2v) is 11.0. The first kappa shape index (κ1) is 30.7. The number of Topliss-reactive ketones (excluding diaryl/α,β-unsaturated/α-hetero) is 1. The first-order chi connectivity index (χ1) is 17.5. The minimum Gasteiger partial charge on any atom is -0.393 e. The third kappa shape index (κ3) is 6.14. The minimum absolute atomic E-state index is 0.0339. The van der Waals surface area contributed by atoms with E-state index in [0.29, 0.717) is 5.57 Å². The van der Waals surface area contributed by atoms with Gasteiger partial charge < -0.3 is 20.1 Å². The second-order valence-electron chi connectivity index (χ2n) is 11.0. The fraction of sp³-hybridized carbons (Fsp3) is 0.741. The van der Waals surface area contributed by atoms with Crippen molar-refractivity contribution in [2.24, 2.45) is 23.2 Å². The van der Waals surface area contributed by atoms with Gasteiger partial charge >= 0.3 is 18.0 Å². The lowest BCUT2D eigenvalue weighted by molar-refractivity contribution is -0.343. The van der Waals surface area contributed by atoms with Gasteiger partial charge in [-0.15, -0.1) is 0 Å². The summed E-state index contributed by atoms with van der Waals surface area (Å²) in [5.41, 5.74) is -3.62. The predicted molar refractivity (Wildman–Crippen MR) is 125 cm³/mol. The molecule has 0 aromatic carbocycles. The Morgan fingerprint density at radius 1 is 1.13 bits per heavy atom. The van der Waals surface area contributed by atoms with Crippen molar-refractivity contribution in [3.8, 4) is 11.8 Å². The fourth-order valence-electron chi connectivity index (χ4n) is 6.47. The van der Waals surface area contributed by atoms with Gasteiger partial charge in [0.1, 0.15) is 12.7 Å². The monoisotopic (exact) mass is 552 g/mol. The minimum atomic E-state index is -6.00. The van der Waals surface area contributed by atoms with Crippen molar-refractivity contribution >= 4 is 5.78 Å². The van der Waals surface area contributed by atoms with E-state index >= 15 is 0 Å². The maximum Gasteiger partial charge on any atom is 0.438 e. The van der Waals surface area contributed by atoms with Gasteiger partial charge in [0, 0.05) is 18.4 Å². The zero-order valence-corrected chi connectivity index (χ0v) is 21.3. The highest BCUT2D eigenvalue weighted by Gasteiger charge is 2.70. The number of aliphatic hydroxyl groups excluding tert-OH is 2. The number of alkyl halides is 6. The molecule has 3 N–H and O–H groups in total. The summed E-state index contributed by atoms with van der Waals surface area (Å²) < 4.78 is 81.7. The van der Waals surface area contributed by atoms with Crippen molar-refractivity contribution in [2.75, 3.05) is 13.2 Å². The molecule has 11 heteroatoms. The number of allylic oxidation sites excluding steroid dienone is 3. The summed E-state index contributed by atoms with van der Waals surface area (Å²) in [5.74, 6) is 2.59. The molecule has 0 aliphatic heterocycles. The van der Waals surface area contributed by atoms with Crippen LogP contribution in [-0.2, 0) is 9.53 Å². The van der Waals surface area contributed by atoms with E-state index in [1.165, 1.54) is 5.57 Å². The predicted octanol–water partition coefficient (Wildman–Crippen LogP) is 4.65. The van der Waals surface area contributed by atoms with E-state index in [9.17, 15) is 41.4 Å². The number of aliphatic hydroxyl groups is 3. The van der Waals surface area contributed by atoms with Gasteiger partial charge in [0.25, 0.3) is 0 Å². The molecule has 0 spiro atoms. The van der Waals surface area contributed by atoms with Crippen molar-refractivity contribution in [1.82, 2.24) is 0 Å². The molecule has 5 nitrogen and oxygen atoms in total. The molecule has 0 radical (unpaired) electrons. The molecular formula is C27H34F6O5. The van der Waals surface area contributed by atoms with E-state index in [2.05, 4.69) is 6.92 Å². The Morgan fingerprint density at radius 2 is 1.79 bits per heavy atom. The van der Waals surface area contributed by atoms with Crippen LogP contribution in [0.1, 0.15) is 58.8 Å². The first-order valence-corrected chi connectivity index (χ1v) is 12.7. The maximum absolute atomic E-state index is 12.7. The van der Waals surface area contributed by atoms with Gasteiger partial charge in [0.05, 0.1) is 12.7 Å². The van der Waals surface area contributed by atoms with Gasteiger partial charge in [0.15, 0.2) is 5.78 Å². The van der Waals surface area contributed by atoms with E-state index in [-0.39, 0.29) is 48.4 Å². The molecule has 0 bridgehead atoms. The third-order valence-electron chi connectivity index (χ3n) is 8.44. The lowest BCUT2D eigenvalue weighted by atomic mass is 9.61. The molecule has 214 valence electrons. The number of ketones is 1.